The maximum absolute atomic E-state index is 13.0. The first-order valence-electron chi connectivity index (χ1n) is 14.0. The summed E-state index contributed by atoms with van der Waals surface area (Å²) in [5.74, 6) is -6.00. The summed E-state index contributed by atoms with van der Waals surface area (Å²) >= 11 is 0. The zero-order chi connectivity index (χ0) is 29.7. The highest BCUT2D eigenvalue weighted by molar-refractivity contribution is 5.95. The second-order valence-electron chi connectivity index (χ2n) is 9.62. The van der Waals surface area contributed by atoms with E-state index in [4.69, 9.17) is 18.9 Å². The van der Waals surface area contributed by atoms with Crippen LogP contribution in [0.3, 0.4) is 0 Å². The van der Waals surface area contributed by atoms with Crippen LogP contribution in [0.5, 0.6) is 0 Å². The van der Waals surface area contributed by atoms with Crippen molar-refractivity contribution in [2.24, 2.45) is 11.8 Å². The molecule has 0 amide bonds. The molecule has 0 fully saturated rings. The number of aryl methyl sites for hydroxylation is 2. The standard InChI is InChI=1S/C32H42O8/c1-7-37-29(33)27(30(34)38-8-2)19-25(23-15-11-21(5)12-16-23)26(24-17-13-22(6)14-18-24)20-28(31(35)39-9-3)32(36)40-10-4/h11-18,25-28H,7-10,19-20H2,1-6H3/t25-,26-/m1/s1. The quantitative estimate of drug-likeness (QED) is 0.163. The lowest BCUT2D eigenvalue weighted by Crippen LogP contribution is -2.34. The Labute approximate surface area is 237 Å². The second kappa shape index (κ2) is 16.4. The monoisotopic (exact) mass is 554 g/mol. The van der Waals surface area contributed by atoms with Crippen LogP contribution in [0, 0.1) is 25.7 Å². The fraction of sp³-hybridized carbons (Fsp3) is 0.500. The number of esters is 4. The number of carbonyl (C=O) groups is 4. The molecule has 0 N–H and O–H groups in total. The van der Waals surface area contributed by atoms with E-state index >= 15 is 0 Å². The largest absolute Gasteiger partial charge is 0.465 e. The van der Waals surface area contributed by atoms with Crippen LogP contribution < -0.4 is 0 Å². The molecule has 0 bridgehead atoms. The first-order chi connectivity index (χ1) is 19.2. The molecule has 0 heterocycles. The summed E-state index contributed by atoms with van der Waals surface area (Å²) in [5.41, 5.74) is 3.78. The van der Waals surface area contributed by atoms with Crippen molar-refractivity contribution >= 4 is 23.9 Å². The summed E-state index contributed by atoms with van der Waals surface area (Å²) in [6.07, 6.45) is 0.106. The highest BCUT2D eigenvalue weighted by Gasteiger charge is 2.40. The van der Waals surface area contributed by atoms with E-state index in [2.05, 4.69) is 0 Å². The van der Waals surface area contributed by atoms with Crippen LogP contribution in [0.1, 0.15) is 74.6 Å². The van der Waals surface area contributed by atoms with Gasteiger partial charge in [0.1, 0.15) is 0 Å². The Morgan fingerprint density at radius 1 is 0.500 bits per heavy atom. The van der Waals surface area contributed by atoms with Crippen LogP contribution in [-0.2, 0) is 38.1 Å². The Bertz CT molecular complexity index is 981. The summed E-state index contributed by atoms with van der Waals surface area (Å²) < 4.78 is 21.0. The van der Waals surface area contributed by atoms with Crippen LogP contribution in [0.15, 0.2) is 48.5 Å². The molecule has 0 radical (unpaired) electrons. The van der Waals surface area contributed by atoms with E-state index < -0.39 is 47.5 Å². The molecule has 0 saturated carbocycles. The third kappa shape index (κ3) is 9.21. The molecule has 0 aliphatic carbocycles. The Morgan fingerprint density at radius 3 is 0.975 bits per heavy atom. The van der Waals surface area contributed by atoms with Gasteiger partial charge in [-0.05, 0) is 77.3 Å². The van der Waals surface area contributed by atoms with E-state index in [0.717, 1.165) is 22.3 Å². The zero-order valence-corrected chi connectivity index (χ0v) is 24.4. The van der Waals surface area contributed by atoms with Crippen LogP contribution in [0.2, 0.25) is 0 Å². The van der Waals surface area contributed by atoms with Gasteiger partial charge in [-0.25, -0.2) is 0 Å². The lowest BCUT2D eigenvalue weighted by atomic mass is 9.72. The van der Waals surface area contributed by atoms with Crippen LogP contribution in [0.25, 0.3) is 0 Å². The van der Waals surface area contributed by atoms with Gasteiger partial charge in [0.05, 0.1) is 26.4 Å². The summed E-state index contributed by atoms with van der Waals surface area (Å²) in [6, 6.07) is 15.6. The number of hydrogen-bond acceptors (Lipinski definition) is 8. The Morgan fingerprint density at radius 2 is 0.750 bits per heavy atom. The number of hydrogen-bond donors (Lipinski definition) is 0. The molecular formula is C32H42O8. The third-order valence-corrected chi connectivity index (χ3v) is 6.76. The molecule has 0 aromatic heterocycles. The van der Waals surface area contributed by atoms with Crippen molar-refractivity contribution < 1.29 is 38.1 Å². The zero-order valence-electron chi connectivity index (χ0n) is 24.4. The van der Waals surface area contributed by atoms with Gasteiger partial charge in [-0.3, -0.25) is 19.2 Å². The molecule has 40 heavy (non-hydrogen) atoms. The van der Waals surface area contributed by atoms with Gasteiger partial charge in [-0.15, -0.1) is 0 Å². The van der Waals surface area contributed by atoms with E-state index in [-0.39, 0.29) is 39.3 Å². The molecule has 2 aromatic rings. The number of ether oxygens (including phenoxy) is 4. The number of benzene rings is 2. The minimum absolute atomic E-state index is 0.0532. The fourth-order valence-corrected chi connectivity index (χ4v) is 4.75. The lowest BCUT2D eigenvalue weighted by molar-refractivity contribution is -0.164. The molecule has 2 aromatic carbocycles. The SMILES string of the molecule is CCOC(=O)C(C[C@H](c1ccc(C)cc1)[C@H](CC(C(=O)OCC)C(=O)OCC)c1ccc(C)cc1)C(=O)OCC. The average molecular weight is 555 g/mol. The van der Waals surface area contributed by atoms with Gasteiger partial charge in [-0.2, -0.15) is 0 Å². The van der Waals surface area contributed by atoms with E-state index in [1.54, 1.807) is 27.7 Å². The molecular weight excluding hydrogens is 512 g/mol. The molecule has 0 spiro atoms. The Hall–Kier alpha value is -3.68. The highest BCUT2D eigenvalue weighted by Crippen LogP contribution is 2.43. The van der Waals surface area contributed by atoms with Crippen molar-refractivity contribution in [3.63, 3.8) is 0 Å². The molecule has 0 unspecified atom stereocenters. The fourth-order valence-electron chi connectivity index (χ4n) is 4.75. The van der Waals surface area contributed by atoms with Gasteiger partial charge in [0.2, 0.25) is 0 Å². The second-order valence-corrected chi connectivity index (χ2v) is 9.62. The van der Waals surface area contributed by atoms with Gasteiger partial charge in [0.15, 0.2) is 11.8 Å². The molecule has 0 aliphatic rings. The van der Waals surface area contributed by atoms with E-state index in [9.17, 15) is 19.2 Å². The van der Waals surface area contributed by atoms with Crippen molar-refractivity contribution in [1.29, 1.82) is 0 Å². The van der Waals surface area contributed by atoms with Gasteiger partial charge < -0.3 is 18.9 Å². The maximum Gasteiger partial charge on any atom is 0.320 e. The van der Waals surface area contributed by atoms with Crippen molar-refractivity contribution in [3.05, 3.63) is 70.8 Å². The molecule has 218 valence electrons. The van der Waals surface area contributed by atoms with Crippen molar-refractivity contribution in [1.82, 2.24) is 0 Å². The minimum atomic E-state index is -1.19. The molecule has 0 aliphatic heterocycles. The predicted octanol–water partition coefficient (Wildman–Crippen LogP) is 5.44. The Balaban J connectivity index is 2.71. The number of rotatable bonds is 15. The summed E-state index contributed by atoms with van der Waals surface area (Å²) in [5, 5.41) is 0. The van der Waals surface area contributed by atoms with E-state index in [1.165, 1.54) is 0 Å². The third-order valence-electron chi connectivity index (χ3n) is 6.76. The highest BCUT2D eigenvalue weighted by atomic mass is 16.6. The van der Waals surface area contributed by atoms with Crippen molar-refractivity contribution in [3.8, 4) is 0 Å². The molecule has 0 saturated heterocycles. The molecule has 8 nitrogen and oxygen atoms in total. The molecule has 2 atom stereocenters. The van der Waals surface area contributed by atoms with Gasteiger partial charge >= 0.3 is 23.9 Å². The Kier molecular flexibility index (Phi) is 13.4. The van der Waals surface area contributed by atoms with Crippen LogP contribution in [0.4, 0.5) is 0 Å². The van der Waals surface area contributed by atoms with E-state index in [1.807, 2.05) is 62.4 Å². The van der Waals surface area contributed by atoms with Gasteiger partial charge in [0, 0.05) is 0 Å². The van der Waals surface area contributed by atoms with Crippen molar-refractivity contribution in [2.75, 3.05) is 26.4 Å². The van der Waals surface area contributed by atoms with Crippen LogP contribution in [-0.4, -0.2) is 50.3 Å². The molecule has 8 heteroatoms. The van der Waals surface area contributed by atoms with Gasteiger partial charge in [-0.1, -0.05) is 59.7 Å². The minimum Gasteiger partial charge on any atom is -0.465 e. The predicted molar refractivity (Wildman–Crippen MR) is 151 cm³/mol. The smallest absolute Gasteiger partial charge is 0.320 e. The van der Waals surface area contributed by atoms with E-state index in [0.29, 0.717) is 0 Å². The molecule has 2 rings (SSSR count). The van der Waals surface area contributed by atoms with Crippen LogP contribution >= 0.6 is 0 Å². The lowest BCUT2D eigenvalue weighted by Gasteiger charge is -2.32. The summed E-state index contributed by atoms with van der Waals surface area (Å²) in [6.45, 7) is 11.1. The first kappa shape index (κ1) is 32.5. The number of carbonyl (C=O) groups excluding carboxylic acids is 4. The average Bonchev–Trinajstić information content (AvgIpc) is 2.92. The van der Waals surface area contributed by atoms with Gasteiger partial charge in [0.25, 0.3) is 0 Å². The summed E-state index contributed by atoms with van der Waals surface area (Å²) in [4.78, 5) is 52.1. The first-order valence-corrected chi connectivity index (χ1v) is 14.0. The topological polar surface area (TPSA) is 105 Å². The normalized spacial score (nSPS) is 12.5. The summed E-state index contributed by atoms with van der Waals surface area (Å²) in [7, 11) is 0. The van der Waals surface area contributed by atoms with Crippen molar-refractivity contribution in [2.45, 2.75) is 66.2 Å². The maximum atomic E-state index is 13.0.